The largest absolute Gasteiger partial charge is 0.342 e. The van der Waals surface area contributed by atoms with Crippen molar-refractivity contribution in [1.29, 1.82) is 0 Å². The SMILES string of the molecule is O=C(C(Cc1ccccc1)n1cccc1)N(CCc1ccccc1)Cc1ccccc1. The number of aromatic nitrogens is 1. The Balaban J connectivity index is 1.59. The minimum atomic E-state index is -0.267. The summed E-state index contributed by atoms with van der Waals surface area (Å²) in [4.78, 5) is 15.9. The van der Waals surface area contributed by atoms with E-state index in [1.54, 1.807) is 0 Å². The maximum absolute atomic E-state index is 13.9. The van der Waals surface area contributed by atoms with E-state index >= 15 is 0 Å². The van der Waals surface area contributed by atoms with E-state index in [9.17, 15) is 4.79 Å². The van der Waals surface area contributed by atoms with Crippen molar-refractivity contribution >= 4 is 5.91 Å². The van der Waals surface area contributed by atoms with Gasteiger partial charge in [0, 0.05) is 31.9 Å². The normalized spacial score (nSPS) is 11.7. The van der Waals surface area contributed by atoms with Crippen molar-refractivity contribution in [1.82, 2.24) is 9.47 Å². The van der Waals surface area contributed by atoms with Crippen molar-refractivity contribution in [2.45, 2.75) is 25.4 Å². The molecule has 0 fully saturated rings. The van der Waals surface area contributed by atoms with Gasteiger partial charge in [-0.15, -0.1) is 0 Å². The third kappa shape index (κ3) is 5.73. The first-order chi connectivity index (χ1) is 15.3. The molecule has 4 aromatic rings. The predicted molar refractivity (Wildman–Crippen MR) is 126 cm³/mol. The Kier molecular flexibility index (Phi) is 6.96. The van der Waals surface area contributed by atoms with Crippen molar-refractivity contribution in [3.8, 4) is 0 Å². The molecule has 1 amide bonds. The zero-order valence-electron chi connectivity index (χ0n) is 17.7. The summed E-state index contributed by atoms with van der Waals surface area (Å²) in [7, 11) is 0. The van der Waals surface area contributed by atoms with Gasteiger partial charge in [-0.3, -0.25) is 4.79 Å². The van der Waals surface area contributed by atoms with Gasteiger partial charge < -0.3 is 9.47 Å². The zero-order chi connectivity index (χ0) is 21.3. The van der Waals surface area contributed by atoms with Crippen LogP contribution in [0.2, 0.25) is 0 Å². The minimum Gasteiger partial charge on any atom is -0.342 e. The summed E-state index contributed by atoms with van der Waals surface area (Å²) in [5, 5.41) is 0. The Morgan fingerprint density at radius 1 is 0.677 bits per heavy atom. The van der Waals surface area contributed by atoms with Gasteiger partial charge in [0.25, 0.3) is 0 Å². The molecule has 0 saturated heterocycles. The van der Waals surface area contributed by atoms with Gasteiger partial charge in [-0.1, -0.05) is 91.0 Å². The Hall–Kier alpha value is -3.59. The molecule has 0 saturated carbocycles. The molecule has 4 rings (SSSR count). The van der Waals surface area contributed by atoms with Crippen molar-refractivity contribution < 1.29 is 4.79 Å². The van der Waals surface area contributed by atoms with Gasteiger partial charge in [-0.25, -0.2) is 0 Å². The monoisotopic (exact) mass is 408 g/mol. The number of rotatable bonds is 9. The standard InChI is InChI=1S/C28H28N2O/c31-28(27(29-19-10-11-20-29)22-25-14-6-2-7-15-25)30(23-26-16-8-3-9-17-26)21-18-24-12-4-1-5-13-24/h1-17,19-20,27H,18,21-23H2. The van der Waals surface area contributed by atoms with E-state index < -0.39 is 0 Å². The van der Waals surface area contributed by atoms with E-state index in [2.05, 4.69) is 48.5 Å². The van der Waals surface area contributed by atoms with E-state index in [1.165, 1.54) is 5.56 Å². The summed E-state index contributed by atoms with van der Waals surface area (Å²) in [6, 6.07) is 34.6. The second kappa shape index (κ2) is 10.4. The molecule has 31 heavy (non-hydrogen) atoms. The first-order valence-electron chi connectivity index (χ1n) is 10.8. The fourth-order valence-electron chi connectivity index (χ4n) is 3.90. The summed E-state index contributed by atoms with van der Waals surface area (Å²) >= 11 is 0. The minimum absolute atomic E-state index is 0.153. The Bertz CT molecular complexity index is 1040. The van der Waals surface area contributed by atoms with E-state index in [1.807, 2.05) is 76.5 Å². The maximum atomic E-state index is 13.9. The van der Waals surface area contributed by atoms with Crippen LogP contribution in [-0.4, -0.2) is 21.9 Å². The molecule has 0 radical (unpaired) electrons. The van der Waals surface area contributed by atoms with E-state index in [-0.39, 0.29) is 11.9 Å². The van der Waals surface area contributed by atoms with Crippen LogP contribution in [0, 0.1) is 0 Å². The summed E-state index contributed by atoms with van der Waals surface area (Å²) in [5.41, 5.74) is 3.56. The molecule has 0 aliphatic heterocycles. The average Bonchev–Trinajstić information content (AvgIpc) is 3.36. The van der Waals surface area contributed by atoms with E-state index in [4.69, 9.17) is 0 Å². The van der Waals surface area contributed by atoms with Crippen LogP contribution in [0.1, 0.15) is 22.7 Å². The first-order valence-corrected chi connectivity index (χ1v) is 10.8. The number of carbonyl (C=O) groups excluding carboxylic acids is 1. The molecule has 1 heterocycles. The second-order valence-corrected chi connectivity index (χ2v) is 7.82. The van der Waals surface area contributed by atoms with Crippen LogP contribution in [0.4, 0.5) is 0 Å². The van der Waals surface area contributed by atoms with Gasteiger partial charge in [0.15, 0.2) is 0 Å². The van der Waals surface area contributed by atoms with Crippen LogP contribution in [0.3, 0.4) is 0 Å². The predicted octanol–water partition coefficient (Wildman–Crippen LogP) is 5.54. The van der Waals surface area contributed by atoms with Crippen LogP contribution in [0.5, 0.6) is 0 Å². The molecule has 3 heteroatoms. The average molecular weight is 409 g/mol. The third-order valence-electron chi connectivity index (χ3n) is 5.59. The smallest absolute Gasteiger partial charge is 0.246 e. The fourth-order valence-corrected chi connectivity index (χ4v) is 3.90. The molecule has 1 unspecified atom stereocenters. The van der Waals surface area contributed by atoms with Crippen molar-refractivity contribution in [2.75, 3.05) is 6.54 Å². The highest BCUT2D eigenvalue weighted by Gasteiger charge is 2.26. The quantitative estimate of drug-likeness (QED) is 0.357. The summed E-state index contributed by atoms with van der Waals surface area (Å²) in [5.74, 6) is 0.153. The number of hydrogen-bond donors (Lipinski definition) is 0. The lowest BCUT2D eigenvalue weighted by molar-refractivity contribution is -0.135. The highest BCUT2D eigenvalue weighted by Crippen LogP contribution is 2.20. The number of amides is 1. The molecule has 0 N–H and O–H groups in total. The molecule has 1 aromatic heterocycles. The van der Waals surface area contributed by atoms with Gasteiger partial charge in [-0.2, -0.15) is 0 Å². The van der Waals surface area contributed by atoms with Gasteiger partial charge >= 0.3 is 0 Å². The molecule has 0 spiro atoms. The highest BCUT2D eigenvalue weighted by molar-refractivity contribution is 5.81. The third-order valence-corrected chi connectivity index (χ3v) is 5.59. The number of benzene rings is 3. The maximum Gasteiger partial charge on any atom is 0.246 e. The summed E-state index contributed by atoms with van der Waals surface area (Å²) < 4.78 is 2.04. The second-order valence-electron chi connectivity index (χ2n) is 7.82. The lowest BCUT2D eigenvalue weighted by atomic mass is 10.0. The molecule has 3 nitrogen and oxygen atoms in total. The molecule has 156 valence electrons. The van der Waals surface area contributed by atoms with Crippen LogP contribution >= 0.6 is 0 Å². The van der Waals surface area contributed by atoms with Gasteiger partial charge in [-0.05, 0) is 35.2 Å². The van der Waals surface area contributed by atoms with Gasteiger partial charge in [0.1, 0.15) is 6.04 Å². The van der Waals surface area contributed by atoms with Crippen LogP contribution in [-0.2, 0) is 24.2 Å². The van der Waals surface area contributed by atoms with Crippen molar-refractivity contribution in [3.05, 3.63) is 132 Å². The van der Waals surface area contributed by atoms with Gasteiger partial charge in [0.05, 0.1) is 0 Å². The van der Waals surface area contributed by atoms with E-state index in [0.717, 1.165) is 17.5 Å². The molecule has 0 bridgehead atoms. The molecule has 3 aromatic carbocycles. The molecular formula is C28H28N2O. The Morgan fingerprint density at radius 2 is 1.19 bits per heavy atom. The topological polar surface area (TPSA) is 25.2 Å². The lowest BCUT2D eigenvalue weighted by Gasteiger charge is -2.29. The molecule has 0 aliphatic carbocycles. The van der Waals surface area contributed by atoms with Crippen molar-refractivity contribution in [2.24, 2.45) is 0 Å². The van der Waals surface area contributed by atoms with Gasteiger partial charge in [0.2, 0.25) is 5.91 Å². The van der Waals surface area contributed by atoms with Crippen LogP contribution in [0.15, 0.2) is 116 Å². The Morgan fingerprint density at radius 3 is 1.77 bits per heavy atom. The fraction of sp³-hybridized carbons (Fsp3) is 0.179. The molecule has 1 atom stereocenters. The molecule has 0 aliphatic rings. The zero-order valence-corrected chi connectivity index (χ0v) is 17.7. The number of hydrogen-bond acceptors (Lipinski definition) is 1. The highest BCUT2D eigenvalue weighted by atomic mass is 16.2. The first kappa shape index (κ1) is 20.7. The van der Waals surface area contributed by atoms with Crippen LogP contribution in [0.25, 0.3) is 0 Å². The number of carbonyl (C=O) groups is 1. The summed E-state index contributed by atoms with van der Waals surface area (Å²) in [6.45, 7) is 1.30. The molecular weight excluding hydrogens is 380 g/mol. The van der Waals surface area contributed by atoms with Crippen LogP contribution < -0.4 is 0 Å². The van der Waals surface area contributed by atoms with Crippen molar-refractivity contribution in [3.63, 3.8) is 0 Å². The number of nitrogens with zero attached hydrogens (tertiary/aromatic N) is 2. The van der Waals surface area contributed by atoms with E-state index in [0.29, 0.717) is 19.5 Å². The lowest BCUT2D eigenvalue weighted by Crippen LogP contribution is -2.39. The Labute approximate surface area is 184 Å². The summed E-state index contributed by atoms with van der Waals surface area (Å²) in [6.07, 6.45) is 5.49.